The second-order valence-corrected chi connectivity index (χ2v) is 4.47. The second-order valence-electron chi connectivity index (χ2n) is 4.47. The van der Waals surface area contributed by atoms with Crippen molar-refractivity contribution < 1.29 is 23.8 Å². The fourth-order valence-corrected chi connectivity index (χ4v) is 2.27. The standard InChI is InChI=1S/C12H19NO5/c1-2-16-12(15)13-4-3-10(14)9(8-13)7-11-17-5-6-18-11/h9,11H,2-8H2,1H3. The number of rotatable bonds is 3. The Hall–Kier alpha value is -1.14. The van der Waals surface area contributed by atoms with Crippen molar-refractivity contribution in [1.82, 2.24) is 4.90 Å². The molecule has 0 aromatic carbocycles. The van der Waals surface area contributed by atoms with Crippen LogP contribution in [-0.2, 0) is 19.0 Å². The zero-order valence-electron chi connectivity index (χ0n) is 10.6. The number of ether oxygens (including phenoxy) is 3. The lowest BCUT2D eigenvalue weighted by atomic mass is 9.93. The molecule has 2 aliphatic rings. The van der Waals surface area contributed by atoms with Crippen LogP contribution in [0.4, 0.5) is 4.79 Å². The maximum Gasteiger partial charge on any atom is 0.409 e. The molecule has 0 radical (unpaired) electrons. The quantitative estimate of drug-likeness (QED) is 0.748. The van der Waals surface area contributed by atoms with Gasteiger partial charge in [-0.25, -0.2) is 4.79 Å². The number of carbonyl (C=O) groups is 2. The minimum Gasteiger partial charge on any atom is -0.450 e. The zero-order chi connectivity index (χ0) is 13.0. The Bertz CT molecular complexity index is 314. The van der Waals surface area contributed by atoms with Gasteiger partial charge in [0, 0.05) is 31.8 Å². The van der Waals surface area contributed by atoms with E-state index >= 15 is 0 Å². The lowest BCUT2D eigenvalue weighted by molar-refractivity contribution is -0.130. The Morgan fingerprint density at radius 1 is 1.44 bits per heavy atom. The third-order valence-electron chi connectivity index (χ3n) is 3.22. The average molecular weight is 257 g/mol. The van der Waals surface area contributed by atoms with Crippen LogP contribution in [0.5, 0.6) is 0 Å². The van der Waals surface area contributed by atoms with Gasteiger partial charge in [-0.1, -0.05) is 0 Å². The zero-order valence-corrected chi connectivity index (χ0v) is 10.6. The summed E-state index contributed by atoms with van der Waals surface area (Å²) in [5, 5.41) is 0. The second kappa shape index (κ2) is 6.15. The van der Waals surface area contributed by atoms with Crippen LogP contribution in [-0.4, -0.2) is 56.0 Å². The monoisotopic (exact) mass is 257 g/mol. The molecule has 0 aromatic rings. The van der Waals surface area contributed by atoms with Gasteiger partial charge in [-0.3, -0.25) is 4.79 Å². The van der Waals surface area contributed by atoms with E-state index in [1.165, 1.54) is 0 Å². The minimum absolute atomic E-state index is 0.176. The van der Waals surface area contributed by atoms with Gasteiger partial charge in [0.25, 0.3) is 0 Å². The fourth-order valence-electron chi connectivity index (χ4n) is 2.27. The van der Waals surface area contributed by atoms with Gasteiger partial charge in [0.1, 0.15) is 5.78 Å². The van der Waals surface area contributed by atoms with E-state index in [9.17, 15) is 9.59 Å². The molecule has 2 saturated heterocycles. The van der Waals surface area contributed by atoms with E-state index in [1.54, 1.807) is 11.8 Å². The van der Waals surface area contributed by atoms with Gasteiger partial charge in [0.15, 0.2) is 6.29 Å². The van der Waals surface area contributed by atoms with Crippen LogP contribution in [0.25, 0.3) is 0 Å². The van der Waals surface area contributed by atoms with E-state index in [2.05, 4.69) is 0 Å². The van der Waals surface area contributed by atoms with Crippen molar-refractivity contribution in [1.29, 1.82) is 0 Å². The highest BCUT2D eigenvalue weighted by molar-refractivity contribution is 5.84. The van der Waals surface area contributed by atoms with E-state index in [1.807, 2.05) is 0 Å². The number of amides is 1. The summed E-state index contributed by atoms with van der Waals surface area (Å²) in [6, 6.07) is 0. The number of Topliss-reactive ketones (excluding diaryl/α,β-unsaturated/α-hetero) is 1. The summed E-state index contributed by atoms with van der Waals surface area (Å²) < 4.78 is 15.6. The molecule has 2 fully saturated rings. The molecule has 102 valence electrons. The molecule has 1 unspecified atom stereocenters. The van der Waals surface area contributed by atoms with Crippen molar-refractivity contribution in [2.75, 3.05) is 32.9 Å². The summed E-state index contributed by atoms with van der Waals surface area (Å²) >= 11 is 0. The maximum absolute atomic E-state index is 11.8. The number of hydrogen-bond acceptors (Lipinski definition) is 5. The summed E-state index contributed by atoms with van der Waals surface area (Å²) in [6.45, 7) is 4.12. The Kier molecular flexibility index (Phi) is 4.54. The van der Waals surface area contributed by atoms with Crippen molar-refractivity contribution in [2.24, 2.45) is 5.92 Å². The van der Waals surface area contributed by atoms with Gasteiger partial charge in [0.05, 0.1) is 19.8 Å². The summed E-state index contributed by atoms with van der Waals surface area (Å²) in [5.41, 5.74) is 0. The smallest absolute Gasteiger partial charge is 0.409 e. The molecule has 0 N–H and O–H groups in total. The predicted molar refractivity (Wildman–Crippen MR) is 62.0 cm³/mol. The highest BCUT2D eigenvalue weighted by Crippen LogP contribution is 2.22. The number of nitrogens with zero attached hydrogens (tertiary/aromatic N) is 1. The number of hydrogen-bond donors (Lipinski definition) is 0. The molecular formula is C12H19NO5. The third kappa shape index (κ3) is 3.20. The predicted octanol–water partition coefficient (Wildman–Crippen LogP) is 0.797. The Labute approximate surface area is 106 Å². The lowest BCUT2D eigenvalue weighted by Gasteiger charge is -2.31. The number of ketones is 1. The first-order valence-electron chi connectivity index (χ1n) is 6.38. The van der Waals surface area contributed by atoms with E-state index in [0.717, 1.165) is 0 Å². The first-order chi connectivity index (χ1) is 8.70. The molecule has 2 aliphatic heterocycles. The van der Waals surface area contributed by atoms with Gasteiger partial charge in [0.2, 0.25) is 0 Å². The van der Waals surface area contributed by atoms with Gasteiger partial charge >= 0.3 is 6.09 Å². The van der Waals surface area contributed by atoms with Crippen LogP contribution in [0, 0.1) is 5.92 Å². The number of carbonyl (C=O) groups excluding carboxylic acids is 2. The van der Waals surface area contributed by atoms with E-state index in [-0.39, 0.29) is 24.1 Å². The van der Waals surface area contributed by atoms with Crippen molar-refractivity contribution >= 4 is 11.9 Å². The normalized spacial score (nSPS) is 25.5. The molecule has 0 bridgehead atoms. The average Bonchev–Trinajstić information content (AvgIpc) is 2.85. The molecule has 0 spiro atoms. The first-order valence-corrected chi connectivity index (χ1v) is 6.38. The molecule has 6 nitrogen and oxygen atoms in total. The van der Waals surface area contributed by atoms with Crippen molar-refractivity contribution in [3.05, 3.63) is 0 Å². The van der Waals surface area contributed by atoms with E-state index < -0.39 is 0 Å². The number of piperidine rings is 1. The first kappa shape index (κ1) is 13.3. The SMILES string of the molecule is CCOC(=O)N1CCC(=O)C(CC2OCCO2)C1. The molecule has 0 aliphatic carbocycles. The molecule has 2 rings (SSSR count). The Balaban J connectivity index is 1.87. The van der Waals surface area contributed by atoms with E-state index in [0.29, 0.717) is 45.8 Å². The summed E-state index contributed by atoms with van der Waals surface area (Å²) in [6.07, 6.45) is 0.259. The van der Waals surface area contributed by atoms with Gasteiger partial charge in [-0.05, 0) is 6.92 Å². The molecular weight excluding hydrogens is 238 g/mol. The van der Waals surface area contributed by atoms with Crippen molar-refractivity contribution in [3.63, 3.8) is 0 Å². The highest BCUT2D eigenvalue weighted by atomic mass is 16.7. The molecule has 1 amide bonds. The van der Waals surface area contributed by atoms with Crippen LogP contribution in [0.3, 0.4) is 0 Å². The number of likely N-dealkylation sites (tertiary alicyclic amines) is 1. The summed E-state index contributed by atoms with van der Waals surface area (Å²) in [5.74, 6) is -0.0269. The fraction of sp³-hybridized carbons (Fsp3) is 0.833. The molecule has 0 saturated carbocycles. The van der Waals surface area contributed by atoms with Crippen LogP contribution in [0.1, 0.15) is 19.8 Å². The van der Waals surface area contributed by atoms with Gasteiger partial charge in [-0.2, -0.15) is 0 Å². The van der Waals surface area contributed by atoms with Crippen molar-refractivity contribution in [2.45, 2.75) is 26.1 Å². The molecule has 18 heavy (non-hydrogen) atoms. The topological polar surface area (TPSA) is 65.1 Å². The molecule has 6 heteroatoms. The summed E-state index contributed by atoms with van der Waals surface area (Å²) in [4.78, 5) is 25.0. The van der Waals surface area contributed by atoms with Gasteiger partial charge in [-0.15, -0.1) is 0 Å². The van der Waals surface area contributed by atoms with Gasteiger partial charge < -0.3 is 19.1 Å². The van der Waals surface area contributed by atoms with Crippen LogP contribution < -0.4 is 0 Å². The highest BCUT2D eigenvalue weighted by Gasteiger charge is 2.33. The molecule has 0 aromatic heterocycles. The Morgan fingerprint density at radius 2 is 2.17 bits per heavy atom. The molecule has 1 atom stereocenters. The van der Waals surface area contributed by atoms with Crippen LogP contribution >= 0.6 is 0 Å². The third-order valence-corrected chi connectivity index (χ3v) is 3.22. The summed E-state index contributed by atoms with van der Waals surface area (Å²) in [7, 11) is 0. The largest absolute Gasteiger partial charge is 0.450 e. The van der Waals surface area contributed by atoms with Crippen LogP contribution in [0.2, 0.25) is 0 Å². The van der Waals surface area contributed by atoms with E-state index in [4.69, 9.17) is 14.2 Å². The van der Waals surface area contributed by atoms with Crippen LogP contribution in [0.15, 0.2) is 0 Å². The molecule has 2 heterocycles. The van der Waals surface area contributed by atoms with Crippen molar-refractivity contribution in [3.8, 4) is 0 Å². The maximum atomic E-state index is 11.8. The minimum atomic E-state index is -0.344. The lowest BCUT2D eigenvalue weighted by Crippen LogP contribution is -2.45. The Morgan fingerprint density at radius 3 is 2.83 bits per heavy atom.